The number of pyridine rings is 2. The van der Waals surface area contributed by atoms with E-state index in [-0.39, 0.29) is 0 Å². The standard InChI is InChI=1S/C24H30N4S/c1-19-15-20(2)22(28-16-19)17-25-12-6-7-13-26-18-23-24(11-8-14-27-23)29-21-9-4-3-5-10-21/h3-5,8-11,14-16,25-26H,6-7,12-13,17-18H2,1-2H3. The van der Waals surface area contributed by atoms with E-state index in [9.17, 15) is 0 Å². The molecule has 0 spiro atoms. The lowest BCUT2D eigenvalue weighted by atomic mass is 10.1. The fraction of sp³-hybridized carbons (Fsp3) is 0.333. The van der Waals surface area contributed by atoms with E-state index in [1.807, 2.05) is 24.5 Å². The zero-order valence-electron chi connectivity index (χ0n) is 17.3. The lowest BCUT2D eigenvalue weighted by Crippen LogP contribution is -2.20. The quantitative estimate of drug-likeness (QED) is 0.443. The Morgan fingerprint density at radius 2 is 1.55 bits per heavy atom. The summed E-state index contributed by atoms with van der Waals surface area (Å²) in [5.41, 5.74) is 4.74. The lowest BCUT2D eigenvalue weighted by Gasteiger charge is -2.10. The minimum absolute atomic E-state index is 0.802. The monoisotopic (exact) mass is 406 g/mol. The molecule has 0 saturated carbocycles. The van der Waals surface area contributed by atoms with Gasteiger partial charge in [0.05, 0.1) is 11.4 Å². The summed E-state index contributed by atoms with van der Waals surface area (Å²) in [7, 11) is 0. The number of unbranched alkanes of at least 4 members (excludes halogenated alkanes) is 1. The van der Waals surface area contributed by atoms with E-state index in [4.69, 9.17) is 0 Å². The maximum Gasteiger partial charge on any atom is 0.0680 e. The van der Waals surface area contributed by atoms with Gasteiger partial charge in [0, 0.05) is 35.3 Å². The van der Waals surface area contributed by atoms with Crippen molar-refractivity contribution in [2.24, 2.45) is 0 Å². The van der Waals surface area contributed by atoms with Crippen molar-refractivity contribution in [3.8, 4) is 0 Å². The number of hydrogen-bond acceptors (Lipinski definition) is 5. The van der Waals surface area contributed by atoms with Gasteiger partial charge >= 0.3 is 0 Å². The van der Waals surface area contributed by atoms with E-state index in [1.165, 1.54) is 20.9 Å². The van der Waals surface area contributed by atoms with Crippen molar-refractivity contribution in [1.82, 2.24) is 20.6 Å². The molecule has 0 fully saturated rings. The van der Waals surface area contributed by atoms with Crippen LogP contribution in [0.4, 0.5) is 0 Å². The summed E-state index contributed by atoms with van der Waals surface area (Å²) in [4.78, 5) is 11.5. The van der Waals surface area contributed by atoms with Crippen LogP contribution < -0.4 is 10.6 Å². The van der Waals surface area contributed by atoms with Crippen molar-refractivity contribution in [1.29, 1.82) is 0 Å². The topological polar surface area (TPSA) is 49.8 Å². The maximum atomic E-state index is 4.57. The SMILES string of the molecule is Cc1cnc(CNCCCCNCc2ncccc2Sc2ccccc2)c(C)c1. The van der Waals surface area contributed by atoms with Crippen LogP contribution in [0, 0.1) is 13.8 Å². The third-order valence-corrected chi connectivity index (χ3v) is 5.78. The predicted octanol–water partition coefficient (Wildman–Crippen LogP) is 4.90. The molecular weight excluding hydrogens is 376 g/mol. The minimum atomic E-state index is 0.802. The molecule has 0 aliphatic rings. The van der Waals surface area contributed by atoms with E-state index in [0.717, 1.165) is 50.4 Å². The Hall–Kier alpha value is -2.21. The highest BCUT2D eigenvalue weighted by Crippen LogP contribution is 2.29. The van der Waals surface area contributed by atoms with Gasteiger partial charge in [0.2, 0.25) is 0 Å². The molecule has 4 nitrogen and oxygen atoms in total. The molecule has 0 amide bonds. The summed E-state index contributed by atoms with van der Waals surface area (Å²) < 4.78 is 0. The van der Waals surface area contributed by atoms with Gasteiger partial charge in [0.1, 0.15) is 0 Å². The lowest BCUT2D eigenvalue weighted by molar-refractivity contribution is 0.573. The average Bonchev–Trinajstić information content (AvgIpc) is 2.73. The molecular formula is C24H30N4S. The Morgan fingerprint density at radius 3 is 2.28 bits per heavy atom. The van der Waals surface area contributed by atoms with Crippen molar-refractivity contribution >= 4 is 11.8 Å². The van der Waals surface area contributed by atoms with Crippen LogP contribution in [0.3, 0.4) is 0 Å². The smallest absolute Gasteiger partial charge is 0.0680 e. The van der Waals surface area contributed by atoms with Crippen LogP contribution in [0.1, 0.15) is 35.4 Å². The summed E-state index contributed by atoms with van der Waals surface area (Å²) in [5.74, 6) is 0. The summed E-state index contributed by atoms with van der Waals surface area (Å²) in [6, 6.07) is 16.8. The fourth-order valence-electron chi connectivity index (χ4n) is 3.11. The van der Waals surface area contributed by atoms with E-state index in [0.29, 0.717) is 0 Å². The van der Waals surface area contributed by atoms with Crippen LogP contribution in [0.25, 0.3) is 0 Å². The highest BCUT2D eigenvalue weighted by atomic mass is 32.2. The fourth-order valence-corrected chi connectivity index (χ4v) is 4.04. The molecule has 0 bridgehead atoms. The molecule has 3 aromatic rings. The van der Waals surface area contributed by atoms with Gasteiger partial charge in [-0.05, 0) is 75.2 Å². The number of nitrogens with one attached hydrogen (secondary N) is 2. The molecule has 1 aromatic carbocycles. The Balaban J connectivity index is 1.33. The molecule has 2 aromatic heterocycles. The summed E-state index contributed by atoms with van der Waals surface area (Å²) in [5, 5.41) is 7.04. The normalized spacial score (nSPS) is 11.0. The first-order valence-corrected chi connectivity index (χ1v) is 11.0. The Labute approximate surface area is 178 Å². The highest BCUT2D eigenvalue weighted by molar-refractivity contribution is 7.99. The summed E-state index contributed by atoms with van der Waals surface area (Å²) >= 11 is 1.77. The van der Waals surface area contributed by atoms with Crippen LogP contribution in [-0.4, -0.2) is 23.1 Å². The second-order valence-electron chi connectivity index (χ2n) is 7.20. The maximum absolute atomic E-state index is 4.57. The Kier molecular flexibility index (Phi) is 8.68. The van der Waals surface area contributed by atoms with Crippen molar-refractivity contribution < 1.29 is 0 Å². The minimum Gasteiger partial charge on any atom is -0.311 e. The molecule has 0 aliphatic heterocycles. The van der Waals surface area contributed by atoms with Gasteiger partial charge in [-0.2, -0.15) is 0 Å². The molecule has 29 heavy (non-hydrogen) atoms. The van der Waals surface area contributed by atoms with Crippen molar-refractivity contribution in [2.45, 2.75) is 49.6 Å². The zero-order chi connectivity index (χ0) is 20.3. The van der Waals surface area contributed by atoms with Crippen LogP contribution in [0.5, 0.6) is 0 Å². The molecule has 5 heteroatoms. The first-order valence-electron chi connectivity index (χ1n) is 10.2. The van der Waals surface area contributed by atoms with Crippen LogP contribution >= 0.6 is 11.8 Å². The first-order chi connectivity index (χ1) is 14.2. The molecule has 0 atom stereocenters. The molecule has 0 aliphatic carbocycles. The van der Waals surface area contributed by atoms with Crippen LogP contribution in [0.2, 0.25) is 0 Å². The summed E-state index contributed by atoms with van der Waals surface area (Å²) in [6.45, 7) is 7.86. The van der Waals surface area contributed by atoms with Gasteiger partial charge < -0.3 is 10.6 Å². The van der Waals surface area contributed by atoms with Gasteiger partial charge in [-0.1, -0.05) is 36.0 Å². The van der Waals surface area contributed by atoms with Crippen molar-refractivity contribution in [2.75, 3.05) is 13.1 Å². The zero-order valence-corrected chi connectivity index (χ0v) is 18.1. The largest absolute Gasteiger partial charge is 0.311 e. The number of benzene rings is 1. The van der Waals surface area contributed by atoms with Crippen LogP contribution in [-0.2, 0) is 13.1 Å². The Bertz CT molecular complexity index is 883. The van der Waals surface area contributed by atoms with E-state index < -0.39 is 0 Å². The number of aromatic nitrogens is 2. The molecule has 0 radical (unpaired) electrons. The number of nitrogens with zero attached hydrogens (tertiary/aromatic N) is 2. The number of rotatable bonds is 11. The van der Waals surface area contributed by atoms with Crippen molar-refractivity contribution in [3.05, 3.63) is 83.4 Å². The molecule has 0 saturated heterocycles. The molecule has 2 heterocycles. The van der Waals surface area contributed by atoms with Gasteiger partial charge in [0.15, 0.2) is 0 Å². The van der Waals surface area contributed by atoms with Gasteiger partial charge in [-0.15, -0.1) is 0 Å². The molecule has 3 rings (SSSR count). The van der Waals surface area contributed by atoms with Crippen LogP contribution in [0.15, 0.2) is 70.7 Å². The Morgan fingerprint density at radius 1 is 0.828 bits per heavy atom. The summed E-state index contributed by atoms with van der Waals surface area (Å²) in [6.07, 6.45) is 6.10. The predicted molar refractivity (Wildman–Crippen MR) is 121 cm³/mol. The third-order valence-electron chi connectivity index (χ3n) is 4.68. The van der Waals surface area contributed by atoms with Crippen molar-refractivity contribution in [3.63, 3.8) is 0 Å². The molecule has 152 valence electrons. The first kappa shape index (κ1) is 21.5. The third kappa shape index (κ3) is 7.28. The highest BCUT2D eigenvalue weighted by Gasteiger charge is 2.05. The van der Waals surface area contributed by atoms with E-state index in [2.05, 4.69) is 70.8 Å². The molecule has 0 unspecified atom stereocenters. The number of aryl methyl sites for hydroxylation is 2. The second kappa shape index (κ2) is 11.7. The molecule has 2 N–H and O–H groups in total. The second-order valence-corrected chi connectivity index (χ2v) is 8.32. The number of hydrogen-bond donors (Lipinski definition) is 2. The van der Waals surface area contributed by atoms with Gasteiger partial charge in [-0.25, -0.2) is 0 Å². The van der Waals surface area contributed by atoms with E-state index >= 15 is 0 Å². The average molecular weight is 407 g/mol. The van der Waals surface area contributed by atoms with Gasteiger partial charge in [0.25, 0.3) is 0 Å². The van der Waals surface area contributed by atoms with E-state index in [1.54, 1.807) is 11.8 Å². The van der Waals surface area contributed by atoms with Gasteiger partial charge in [-0.3, -0.25) is 9.97 Å².